The first-order valence-electron chi connectivity index (χ1n) is 12.0. The Bertz CT molecular complexity index is 1160. The third kappa shape index (κ3) is 5.00. The minimum atomic E-state index is -2.51. The third-order valence-corrected chi connectivity index (χ3v) is 12.2. The quantitative estimate of drug-likeness (QED) is 0.240. The van der Waals surface area contributed by atoms with Gasteiger partial charge in [-0.1, -0.05) is 112 Å². The number of nitrogens with zero attached hydrogens (tertiary/aromatic N) is 1. The molecule has 0 fully saturated rings. The molecule has 0 aliphatic rings. The van der Waals surface area contributed by atoms with E-state index >= 15 is 0 Å². The molecule has 0 aliphatic heterocycles. The number of ketones is 1. The van der Waals surface area contributed by atoms with Crippen molar-refractivity contribution in [1.82, 2.24) is 0 Å². The maximum absolute atomic E-state index is 13.3. The van der Waals surface area contributed by atoms with Crippen molar-refractivity contribution in [2.75, 3.05) is 0 Å². The van der Waals surface area contributed by atoms with Crippen LogP contribution in [0.2, 0.25) is 18.1 Å². The molecule has 0 heterocycles. The van der Waals surface area contributed by atoms with Gasteiger partial charge in [0.25, 0.3) is 0 Å². The summed E-state index contributed by atoms with van der Waals surface area (Å²) in [5.41, 5.74) is -0.0698. The van der Waals surface area contributed by atoms with Gasteiger partial charge < -0.3 is 4.43 Å². The van der Waals surface area contributed by atoms with Crippen LogP contribution in [0.3, 0.4) is 0 Å². The topological polar surface area (TPSA) is 50.1 Å². The molecule has 0 bridgehead atoms. The summed E-state index contributed by atoms with van der Waals surface area (Å²) in [6.45, 7) is 10.9. The Hall–Kier alpha value is -2.70. The van der Waals surface area contributed by atoms with E-state index in [2.05, 4.69) is 39.9 Å². The second-order valence-electron chi connectivity index (χ2n) is 10.5. The van der Waals surface area contributed by atoms with Gasteiger partial charge in [0.2, 0.25) is 0 Å². The van der Waals surface area contributed by atoms with E-state index in [1.807, 2.05) is 91.0 Å². The first-order valence-corrected chi connectivity index (χ1v) is 15.7. The number of carbonyl (C=O) groups is 1. The fraction of sp³-hybridized carbons (Fsp3) is 0.300. The Morgan fingerprint density at radius 3 is 1.60 bits per heavy atom. The first-order chi connectivity index (χ1) is 16.5. The Labute approximate surface area is 213 Å². The van der Waals surface area contributed by atoms with Crippen LogP contribution in [0, 0.1) is 11.3 Å². The molecule has 3 aromatic carbocycles. The van der Waals surface area contributed by atoms with Crippen LogP contribution in [0.4, 0.5) is 0 Å². The Morgan fingerprint density at radius 1 is 0.857 bits per heavy atom. The van der Waals surface area contributed by atoms with Gasteiger partial charge in [-0.2, -0.15) is 5.26 Å². The van der Waals surface area contributed by atoms with Crippen LogP contribution < -0.4 is 0 Å². The van der Waals surface area contributed by atoms with E-state index in [1.54, 1.807) is 5.80 Å². The SMILES string of the molecule is CC(C)(C)[Si](C)(C)O[C@@](CC(=O)C=[PH3])(c1ccccc1)C(C#N)(c1ccccc1)c1ccccc1. The van der Waals surface area contributed by atoms with E-state index in [0.717, 1.165) is 16.7 Å². The van der Waals surface area contributed by atoms with Crippen LogP contribution in [0.5, 0.6) is 0 Å². The highest BCUT2D eigenvalue weighted by Gasteiger charge is 2.60. The molecule has 0 N–H and O–H groups in total. The summed E-state index contributed by atoms with van der Waals surface area (Å²) in [5, 5.41) is 11.1. The number of nitriles is 1. The van der Waals surface area contributed by atoms with E-state index in [4.69, 9.17) is 4.43 Å². The normalized spacial score (nSPS) is 14.1. The molecule has 35 heavy (non-hydrogen) atoms. The highest BCUT2D eigenvalue weighted by Crippen LogP contribution is 2.55. The average molecular weight is 502 g/mol. The van der Waals surface area contributed by atoms with Gasteiger partial charge in [-0.3, -0.25) is 4.79 Å². The molecular formula is C30H36NO2PSi. The van der Waals surface area contributed by atoms with E-state index in [9.17, 15) is 10.1 Å². The fourth-order valence-corrected chi connectivity index (χ4v) is 6.13. The van der Waals surface area contributed by atoms with Gasteiger partial charge in [-0.25, -0.2) is 0 Å². The molecule has 2 atom stereocenters. The van der Waals surface area contributed by atoms with Crippen LogP contribution in [-0.2, 0) is 20.2 Å². The zero-order valence-corrected chi connectivity index (χ0v) is 23.8. The van der Waals surface area contributed by atoms with Crippen molar-refractivity contribution in [1.29, 1.82) is 5.26 Å². The predicted octanol–water partition coefficient (Wildman–Crippen LogP) is 6.78. The lowest BCUT2D eigenvalue weighted by molar-refractivity contribution is -0.118. The lowest BCUT2D eigenvalue weighted by atomic mass is 9.60. The van der Waals surface area contributed by atoms with Crippen LogP contribution in [0.25, 0.3) is 0 Å². The monoisotopic (exact) mass is 501 g/mol. The Kier molecular flexibility index (Phi) is 8.07. The van der Waals surface area contributed by atoms with Gasteiger partial charge in [0.15, 0.2) is 14.1 Å². The maximum atomic E-state index is 13.3. The van der Waals surface area contributed by atoms with Crippen molar-refractivity contribution in [3.63, 3.8) is 0 Å². The van der Waals surface area contributed by atoms with Gasteiger partial charge in [0.1, 0.15) is 11.0 Å². The van der Waals surface area contributed by atoms with Crippen LogP contribution in [0.15, 0.2) is 91.0 Å². The molecule has 3 rings (SSSR count). The van der Waals surface area contributed by atoms with Gasteiger partial charge >= 0.3 is 0 Å². The second-order valence-corrected chi connectivity index (χ2v) is 15.6. The summed E-state index contributed by atoms with van der Waals surface area (Å²) in [6.07, 6.45) is 0.0599. The molecule has 0 radical (unpaired) electrons. The largest absolute Gasteiger partial charge is 0.405 e. The number of rotatable bonds is 9. The van der Waals surface area contributed by atoms with Crippen molar-refractivity contribution >= 4 is 28.8 Å². The number of Topliss-reactive ketones (excluding diaryl/α,β-unsaturated/α-hetero) is 1. The highest BCUT2D eigenvalue weighted by atomic mass is 31.0. The van der Waals surface area contributed by atoms with E-state index in [-0.39, 0.29) is 17.2 Å². The van der Waals surface area contributed by atoms with Crippen molar-refractivity contribution in [3.8, 4) is 6.07 Å². The lowest BCUT2D eigenvalue weighted by Gasteiger charge is -2.53. The first kappa shape index (κ1) is 26.9. The average Bonchev–Trinajstić information content (AvgIpc) is 2.85. The molecule has 0 spiro atoms. The lowest BCUT2D eigenvalue weighted by Crippen LogP contribution is -2.59. The van der Waals surface area contributed by atoms with Gasteiger partial charge in [-0.15, -0.1) is 8.86 Å². The van der Waals surface area contributed by atoms with Crippen LogP contribution in [-0.4, -0.2) is 19.9 Å². The summed E-state index contributed by atoms with van der Waals surface area (Å²) in [5.74, 6) is 1.57. The molecule has 3 nitrogen and oxygen atoms in total. The molecule has 182 valence electrons. The molecule has 3 aromatic rings. The van der Waals surface area contributed by atoms with Gasteiger partial charge in [0.05, 0.1) is 6.07 Å². The fourth-order valence-electron chi connectivity index (χ4n) is 4.46. The van der Waals surface area contributed by atoms with Crippen molar-refractivity contribution in [2.45, 2.75) is 56.3 Å². The van der Waals surface area contributed by atoms with E-state index in [0.29, 0.717) is 0 Å². The molecular weight excluding hydrogens is 465 g/mol. The smallest absolute Gasteiger partial charge is 0.193 e. The molecule has 0 aromatic heterocycles. The van der Waals surface area contributed by atoms with Crippen molar-refractivity contribution in [3.05, 3.63) is 108 Å². The highest BCUT2D eigenvalue weighted by molar-refractivity contribution is 7.22. The standard InChI is InChI=1S/C30H36NO2PSi/c1-28(2,3)35(4,5)33-30(21-27(32)22-34,26-19-13-8-14-20-26)29(23-31,24-15-9-6-10-16-24)25-17-11-7-12-18-25/h6-20,22H,21H2,1-5,34H3/t30-/m0/s1. The van der Waals surface area contributed by atoms with Crippen molar-refractivity contribution in [2.24, 2.45) is 0 Å². The Morgan fingerprint density at radius 2 is 1.26 bits per heavy atom. The minimum absolute atomic E-state index is 0.0441. The summed E-state index contributed by atoms with van der Waals surface area (Å²) >= 11 is 0. The van der Waals surface area contributed by atoms with Crippen LogP contribution in [0.1, 0.15) is 43.9 Å². The maximum Gasteiger partial charge on any atom is 0.193 e. The summed E-state index contributed by atoms with van der Waals surface area (Å²) in [4.78, 5) is 13.3. The second kappa shape index (κ2) is 10.5. The number of hydrogen-bond acceptors (Lipinski definition) is 3. The number of hydrogen-bond donors (Lipinski definition) is 0. The molecule has 0 saturated heterocycles. The Balaban J connectivity index is 2.56. The van der Waals surface area contributed by atoms with Crippen molar-refractivity contribution < 1.29 is 9.22 Å². The molecule has 0 saturated carbocycles. The van der Waals surface area contributed by atoms with E-state index in [1.165, 1.54) is 8.86 Å². The molecule has 5 heteroatoms. The summed E-state index contributed by atoms with van der Waals surface area (Å²) in [6, 6.07) is 32.2. The van der Waals surface area contributed by atoms with E-state index < -0.39 is 19.3 Å². The predicted molar refractivity (Wildman–Crippen MR) is 152 cm³/mol. The molecule has 1 unspecified atom stereocenters. The molecule has 0 aliphatic carbocycles. The summed E-state index contributed by atoms with van der Waals surface area (Å²) in [7, 11) is -0.979. The van der Waals surface area contributed by atoms with Crippen LogP contribution >= 0.6 is 8.86 Å². The molecule has 0 amide bonds. The van der Waals surface area contributed by atoms with Gasteiger partial charge in [-0.05, 0) is 40.6 Å². The van der Waals surface area contributed by atoms with Gasteiger partial charge in [0, 0.05) is 6.42 Å². The third-order valence-electron chi connectivity index (χ3n) is 7.31. The number of carbonyl (C=O) groups excluding carboxylic acids is 1. The summed E-state index contributed by atoms with van der Waals surface area (Å²) < 4.78 is 7.39. The minimum Gasteiger partial charge on any atom is -0.405 e. The zero-order valence-electron chi connectivity index (χ0n) is 21.4. The number of benzene rings is 3. The zero-order chi connectivity index (χ0) is 25.7.